The quantitative estimate of drug-likeness (QED) is 0.286. The summed E-state index contributed by atoms with van der Waals surface area (Å²) < 4.78 is 12.7. The molecule has 0 heterocycles. The molecule has 0 aromatic rings. The predicted molar refractivity (Wildman–Crippen MR) is 128 cm³/mol. The van der Waals surface area contributed by atoms with Crippen molar-refractivity contribution in [2.24, 2.45) is 0 Å². The van der Waals surface area contributed by atoms with Gasteiger partial charge in [0.15, 0.2) is 0 Å². The van der Waals surface area contributed by atoms with Crippen LogP contribution in [0.15, 0.2) is 0 Å². The van der Waals surface area contributed by atoms with Crippen molar-refractivity contribution in [1.82, 2.24) is 14.7 Å². The fourth-order valence-electron chi connectivity index (χ4n) is 0.346. The van der Waals surface area contributed by atoms with Gasteiger partial charge in [-0.05, 0) is 84.2 Å². The third-order valence-electron chi connectivity index (χ3n) is 0.734. The van der Waals surface area contributed by atoms with E-state index in [0.717, 1.165) is 0 Å². The van der Waals surface area contributed by atoms with Crippen molar-refractivity contribution in [2.75, 3.05) is 83.2 Å². The number of hydrogen-bond acceptors (Lipinski definition) is 12. The van der Waals surface area contributed by atoms with Crippen LogP contribution in [0.3, 0.4) is 0 Å². The van der Waals surface area contributed by atoms with Crippen LogP contribution in [0.5, 0.6) is 0 Å². The van der Waals surface area contributed by atoms with E-state index in [1.165, 1.54) is 0 Å². The zero-order valence-corrected chi connectivity index (χ0v) is 23.4. The average molecular weight is 507 g/mol. The van der Waals surface area contributed by atoms with Gasteiger partial charge in [0, 0.05) is 0 Å². The van der Waals surface area contributed by atoms with Crippen molar-refractivity contribution in [2.45, 2.75) is 20.8 Å². The minimum Gasteiger partial charge on any atom is -0.328 e. The van der Waals surface area contributed by atoms with E-state index in [-0.39, 0.29) is 0 Å². The molecule has 0 atom stereocenters. The SMILES string of the molecule is CCOP(O)O.CCOP(O)O.CCOP(O)O.CN(C)C.CN(C)C.CN(C)C. The Morgan fingerprint density at radius 2 is 0.533 bits per heavy atom. The van der Waals surface area contributed by atoms with Gasteiger partial charge in [0.25, 0.3) is 0 Å². The van der Waals surface area contributed by atoms with E-state index >= 15 is 0 Å². The van der Waals surface area contributed by atoms with Crippen LogP contribution in [0.4, 0.5) is 0 Å². The van der Waals surface area contributed by atoms with Crippen molar-refractivity contribution < 1.29 is 42.9 Å². The molecule has 0 fully saturated rings. The van der Waals surface area contributed by atoms with Crippen LogP contribution in [0.25, 0.3) is 0 Å². The Labute approximate surface area is 188 Å². The lowest BCUT2D eigenvalue weighted by molar-refractivity contribution is 0.268. The van der Waals surface area contributed by atoms with E-state index < -0.39 is 25.8 Å². The summed E-state index contributed by atoms with van der Waals surface area (Å²) in [6.45, 7) is 6.17. The summed E-state index contributed by atoms with van der Waals surface area (Å²) in [5.41, 5.74) is 0. The molecular weight excluding hydrogens is 459 g/mol. The molecule has 0 saturated carbocycles. The molecular formula is C15H48N3O9P3. The Morgan fingerprint density at radius 1 is 0.433 bits per heavy atom. The second-order valence-corrected chi connectivity index (χ2v) is 8.33. The van der Waals surface area contributed by atoms with Crippen LogP contribution in [0.1, 0.15) is 20.8 Å². The lowest BCUT2D eigenvalue weighted by Crippen LogP contribution is -1.99. The second-order valence-electron chi connectivity index (χ2n) is 6.04. The van der Waals surface area contributed by atoms with Gasteiger partial charge in [-0.3, -0.25) is 0 Å². The van der Waals surface area contributed by atoms with Crippen LogP contribution in [-0.4, -0.2) is 127 Å². The average Bonchev–Trinajstić information content (AvgIpc) is 2.45. The Hall–Kier alpha value is 0.810. The molecule has 0 aliphatic heterocycles. The fourth-order valence-corrected chi connectivity index (χ4v) is 1.04. The molecule has 0 bridgehead atoms. The maximum Gasteiger partial charge on any atom is 0.327 e. The van der Waals surface area contributed by atoms with Crippen molar-refractivity contribution >= 4 is 25.8 Å². The normalized spacial score (nSPS) is 9.60. The smallest absolute Gasteiger partial charge is 0.327 e. The molecule has 12 nitrogen and oxygen atoms in total. The zero-order valence-electron chi connectivity index (χ0n) is 20.7. The standard InChI is InChI=1S/3C3H9N.3C2H7O3P/c3*1-4(2)3;3*1-2-5-6(3)4/h3*1-3H3;3*3-4H,2H2,1H3. The van der Waals surface area contributed by atoms with Crippen LogP contribution < -0.4 is 0 Å². The third kappa shape index (κ3) is 232. The van der Waals surface area contributed by atoms with Crippen molar-refractivity contribution in [3.8, 4) is 0 Å². The van der Waals surface area contributed by atoms with Gasteiger partial charge in [0.1, 0.15) is 0 Å². The lowest BCUT2D eigenvalue weighted by atomic mass is 10.9. The first-order valence-corrected chi connectivity index (χ1v) is 12.3. The van der Waals surface area contributed by atoms with Gasteiger partial charge in [-0.1, -0.05) is 0 Å². The van der Waals surface area contributed by atoms with E-state index in [1.807, 2.05) is 78.1 Å². The lowest BCUT2D eigenvalue weighted by Gasteiger charge is -1.95. The molecule has 15 heteroatoms. The summed E-state index contributed by atoms with van der Waals surface area (Å²) in [7, 11) is 11.7. The fraction of sp³-hybridized carbons (Fsp3) is 1.00. The summed E-state index contributed by atoms with van der Waals surface area (Å²) in [5, 5.41) is 0. The third-order valence-corrected chi connectivity index (χ3v) is 2.20. The molecule has 6 N–H and O–H groups in total. The number of nitrogens with zero attached hydrogens (tertiary/aromatic N) is 3. The van der Waals surface area contributed by atoms with Crippen LogP contribution in [0, 0.1) is 0 Å². The highest BCUT2D eigenvalue weighted by Crippen LogP contribution is 2.23. The van der Waals surface area contributed by atoms with Crippen molar-refractivity contribution in [3.63, 3.8) is 0 Å². The molecule has 0 aliphatic rings. The highest BCUT2D eigenvalue weighted by atomic mass is 31.2. The van der Waals surface area contributed by atoms with Gasteiger partial charge in [-0.2, -0.15) is 0 Å². The van der Waals surface area contributed by atoms with E-state index in [0.29, 0.717) is 19.8 Å². The molecule has 0 rings (SSSR count). The predicted octanol–water partition coefficient (Wildman–Crippen LogP) is 1.24. The van der Waals surface area contributed by atoms with Gasteiger partial charge in [0.2, 0.25) is 0 Å². The van der Waals surface area contributed by atoms with Crippen LogP contribution in [-0.2, 0) is 13.6 Å². The Bertz CT molecular complexity index is 212. The molecule has 0 spiro atoms. The maximum absolute atomic E-state index is 7.95. The summed E-state index contributed by atoms with van der Waals surface area (Å²) in [6.07, 6.45) is 0. The first kappa shape index (κ1) is 44.5. The van der Waals surface area contributed by atoms with Crippen molar-refractivity contribution in [1.29, 1.82) is 0 Å². The molecule has 0 saturated heterocycles. The van der Waals surface area contributed by atoms with Gasteiger partial charge in [0.05, 0.1) is 19.8 Å². The molecule has 0 radical (unpaired) electrons. The summed E-state index contributed by atoms with van der Waals surface area (Å²) in [4.78, 5) is 53.7. The first-order chi connectivity index (χ1) is 13.5. The van der Waals surface area contributed by atoms with E-state index in [9.17, 15) is 0 Å². The molecule has 30 heavy (non-hydrogen) atoms. The van der Waals surface area contributed by atoms with Gasteiger partial charge < -0.3 is 57.6 Å². The van der Waals surface area contributed by atoms with Gasteiger partial charge in [-0.15, -0.1) is 0 Å². The minimum absolute atomic E-state index is 0.360. The zero-order chi connectivity index (χ0) is 25.7. The summed E-state index contributed by atoms with van der Waals surface area (Å²) in [6, 6.07) is 0. The highest BCUT2D eigenvalue weighted by Gasteiger charge is 1.92. The van der Waals surface area contributed by atoms with E-state index in [1.54, 1.807) is 20.8 Å². The summed E-state index contributed by atoms with van der Waals surface area (Å²) >= 11 is 0. The maximum atomic E-state index is 7.95. The highest BCUT2D eigenvalue weighted by molar-refractivity contribution is 7.39. The first-order valence-electron chi connectivity index (χ1n) is 8.76. The largest absolute Gasteiger partial charge is 0.328 e. The number of rotatable bonds is 6. The Balaban J connectivity index is -0.0000000583. The molecule has 0 aromatic carbocycles. The van der Waals surface area contributed by atoms with Crippen LogP contribution >= 0.6 is 25.8 Å². The molecule has 0 aliphatic carbocycles. The van der Waals surface area contributed by atoms with E-state index in [4.69, 9.17) is 29.4 Å². The second kappa shape index (κ2) is 40.2. The number of hydrogen-bond donors (Lipinski definition) is 6. The van der Waals surface area contributed by atoms with Crippen molar-refractivity contribution in [3.05, 3.63) is 0 Å². The summed E-state index contributed by atoms with van der Waals surface area (Å²) in [5.74, 6) is 0. The monoisotopic (exact) mass is 507 g/mol. The van der Waals surface area contributed by atoms with E-state index in [2.05, 4.69) is 13.6 Å². The van der Waals surface area contributed by atoms with Crippen LogP contribution in [0.2, 0.25) is 0 Å². The Morgan fingerprint density at radius 3 is 0.533 bits per heavy atom. The minimum atomic E-state index is -2.10. The van der Waals surface area contributed by atoms with Gasteiger partial charge >= 0.3 is 25.8 Å². The molecule has 0 aromatic heterocycles. The van der Waals surface area contributed by atoms with Gasteiger partial charge in [-0.25, -0.2) is 0 Å². The molecule has 0 unspecified atom stereocenters. The molecule has 0 amide bonds. The topological polar surface area (TPSA) is 159 Å². The Kier molecular flexibility index (Phi) is 59.6. The molecule has 192 valence electrons.